The molecule has 0 saturated carbocycles. The van der Waals surface area contributed by atoms with Gasteiger partial charge in [0.25, 0.3) is 0 Å². The number of rotatable bonds is 9. The molecule has 0 amide bonds. The van der Waals surface area contributed by atoms with Crippen LogP contribution in [0.15, 0.2) is 30.3 Å². The van der Waals surface area contributed by atoms with Gasteiger partial charge in [-0.3, -0.25) is 0 Å². The number of unbranched alkanes of at least 4 members (excludes halogenated alkanes) is 2. The van der Waals surface area contributed by atoms with Crippen LogP contribution in [0.5, 0.6) is 5.75 Å². The topological polar surface area (TPSA) is 32.3 Å². The second-order valence-electron chi connectivity index (χ2n) is 12.1. The van der Waals surface area contributed by atoms with Crippen molar-refractivity contribution in [3.8, 4) is 5.75 Å². The maximum Gasteiger partial charge on any atom is 0.122 e. The standard InChI is InChI=1S/C30H48NOP/c1-11-12-13-16-30(10,25-19-24(28(4,5)6)18-22(3)27(25)32)33-26-15-14-21(2)17-23(26)20-31-29(7,8)9/h14-15,17-19,31-33H,11-13,16,20H2,1-10H3. The average molecular weight is 470 g/mol. The first-order valence-electron chi connectivity index (χ1n) is 12.6. The van der Waals surface area contributed by atoms with Crippen LogP contribution in [0.2, 0.25) is 0 Å². The molecular weight excluding hydrogens is 421 g/mol. The summed E-state index contributed by atoms with van der Waals surface area (Å²) in [6, 6.07) is 11.4. The predicted octanol–water partition coefficient (Wildman–Crippen LogP) is 7.99. The smallest absolute Gasteiger partial charge is 0.122 e. The van der Waals surface area contributed by atoms with Crippen LogP contribution in [0.4, 0.5) is 0 Å². The number of hydrogen-bond acceptors (Lipinski definition) is 2. The minimum Gasteiger partial charge on any atom is -0.507 e. The first-order chi connectivity index (χ1) is 15.2. The van der Waals surface area contributed by atoms with Gasteiger partial charge in [0.15, 0.2) is 0 Å². The highest BCUT2D eigenvalue weighted by atomic mass is 31.1. The van der Waals surface area contributed by atoms with E-state index in [1.807, 2.05) is 6.92 Å². The first kappa shape index (κ1) is 27.9. The zero-order valence-corrected chi connectivity index (χ0v) is 23.9. The Labute approximate surface area is 205 Å². The molecule has 2 unspecified atom stereocenters. The fourth-order valence-corrected chi connectivity index (χ4v) is 5.98. The van der Waals surface area contributed by atoms with E-state index in [0.717, 1.165) is 24.1 Å². The van der Waals surface area contributed by atoms with Gasteiger partial charge < -0.3 is 10.4 Å². The number of aromatic hydroxyl groups is 1. The molecule has 0 radical (unpaired) electrons. The summed E-state index contributed by atoms with van der Waals surface area (Å²) in [7, 11) is 0.598. The van der Waals surface area contributed by atoms with Crippen LogP contribution < -0.4 is 10.6 Å². The van der Waals surface area contributed by atoms with Crippen LogP contribution in [0.3, 0.4) is 0 Å². The largest absolute Gasteiger partial charge is 0.507 e. The molecule has 2 N–H and O–H groups in total. The molecule has 2 aromatic rings. The van der Waals surface area contributed by atoms with Gasteiger partial charge in [-0.2, -0.15) is 0 Å². The van der Waals surface area contributed by atoms with E-state index in [2.05, 4.69) is 98.0 Å². The van der Waals surface area contributed by atoms with Gasteiger partial charge >= 0.3 is 0 Å². The molecule has 2 aromatic carbocycles. The average Bonchev–Trinajstić information content (AvgIpc) is 2.68. The lowest BCUT2D eigenvalue weighted by Gasteiger charge is -2.34. The van der Waals surface area contributed by atoms with Gasteiger partial charge in [-0.15, -0.1) is 0 Å². The SMILES string of the molecule is CCCCCC(C)(Pc1ccc(C)cc1CNC(C)(C)C)c1cc(C(C)(C)C)cc(C)c1O. The Balaban J connectivity index is 2.57. The highest BCUT2D eigenvalue weighted by Crippen LogP contribution is 2.50. The molecule has 0 saturated heterocycles. The van der Waals surface area contributed by atoms with Crippen LogP contribution in [-0.4, -0.2) is 10.6 Å². The molecular formula is C30H48NOP. The normalized spacial score (nSPS) is 14.7. The zero-order valence-electron chi connectivity index (χ0n) is 22.9. The Morgan fingerprint density at radius 1 is 0.909 bits per heavy atom. The second kappa shape index (κ2) is 10.9. The lowest BCUT2D eigenvalue weighted by Crippen LogP contribution is -2.36. The molecule has 0 aliphatic rings. The molecule has 0 bridgehead atoms. The quantitative estimate of drug-likeness (QED) is 0.288. The summed E-state index contributed by atoms with van der Waals surface area (Å²) in [6.45, 7) is 23.2. The van der Waals surface area contributed by atoms with E-state index in [4.69, 9.17) is 0 Å². The number of phenolic OH excluding ortho intramolecular Hbond substituents is 1. The van der Waals surface area contributed by atoms with Crippen LogP contribution in [-0.2, 0) is 17.1 Å². The number of phenols is 1. The summed E-state index contributed by atoms with van der Waals surface area (Å²) in [4.78, 5) is 0. The monoisotopic (exact) mass is 469 g/mol. The van der Waals surface area contributed by atoms with Crippen molar-refractivity contribution in [3.63, 3.8) is 0 Å². The Hall–Kier alpha value is -1.37. The second-order valence-corrected chi connectivity index (χ2v) is 14.0. The van der Waals surface area contributed by atoms with Crippen molar-refractivity contribution in [2.45, 2.75) is 118 Å². The van der Waals surface area contributed by atoms with Crippen molar-refractivity contribution in [2.75, 3.05) is 0 Å². The Bertz CT molecular complexity index is 936. The van der Waals surface area contributed by atoms with Crippen molar-refractivity contribution in [1.29, 1.82) is 0 Å². The summed E-state index contributed by atoms with van der Waals surface area (Å²) < 4.78 is 0. The van der Waals surface area contributed by atoms with Crippen LogP contribution in [0.25, 0.3) is 0 Å². The molecule has 2 rings (SSSR count). The highest BCUT2D eigenvalue weighted by Gasteiger charge is 2.32. The van der Waals surface area contributed by atoms with E-state index in [1.54, 1.807) is 0 Å². The number of hydrogen-bond donors (Lipinski definition) is 2. The molecule has 2 atom stereocenters. The zero-order chi connectivity index (χ0) is 25.0. The molecule has 0 heterocycles. The number of aryl methyl sites for hydroxylation is 2. The summed E-state index contributed by atoms with van der Waals surface area (Å²) in [5, 5.41) is 16.3. The molecule has 3 heteroatoms. The maximum atomic E-state index is 11.3. The predicted molar refractivity (Wildman–Crippen MR) is 149 cm³/mol. The Kier molecular flexibility index (Phi) is 9.22. The lowest BCUT2D eigenvalue weighted by molar-refractivity contribution is 0.425. The maximum absolute atomic E-state index is 11.3. The summed E-state index contributed by atoms with van der Waals surface area (Å²) in [5.74, 6) is 0.482. The van der Waals surface area contributed by atoms with Gasteiger partial charge in [0.05, 0.1) is 0 Å². The van der Waals surface area contributed by atoms with Crippen molar-refractivity contribution in [1.82, 2.24) is 5.32 Å². The fraction of sp³-hybridized carbons (Fsp3) is 0.600. The highest BCUT2D eigenvalue weighted by molar-refractivity contribution is 7.48. The van der Waals surface area contributed by atoms with Gasteiger partial charge in [-0.1, -0.05) is 98.4 Å². The van der Waals surface area contributed by atoms with E-state index >= 15 is 0 Å². The van der Waals surface area contributed by atoms with E-state index < -0.39 is 0 Å². The van der Waals surface area contributed by atoms with Crippen molar-refractivity contribution >= 4 is 13.9 Å². The number of nitrogens with one attached hydrogen (secondary N) is 1. The van der Waals surface area contributed by atoms with Gasteiger partial charge in [0.2, 0.25) is 0 Å². The van der Waals surface area contributed by atoms with Crippen molar-refractivity contribution in [3.05, 3.63) is 58.1 Å². The molecule has 2 nitrogen and oxygen atoms in total. The van der Waals surface area contributed by atoms with Gasteiger partial charge in [-0.05, 0) is 68.4 Å². The van der Waals surface area contributed by atoms with E-state index in [0.29, 0.717) is 14.3 Å². The number of benzene rings is 2. The van der Waals surface area contributed by atoms with E-state index in [9.17, 15) is 5.11 Å². The van der Waals surface area contributed by atoms with Crippen LogP contribution in [0, 0.1) is 13.8 Å². The molecule has 0 fully saturated rings. The third kappa shape index (κ3) is 7.83. The summed E-state index contributed by atoms with van der Waals surface area (Å²) in [5.41, 5.74) is 6.22. The lowest BCUT2D eigenvalue weighted by atomic mass is 9.82. The molecule has 0 aliphatic carbocycles. The minimum atomic E-state index is -0.100. The first-order valence-corrected chi connectivity index (χ1v) is 13.6. The molecule has 0 aliphatic heterocycles. The molecule has 33 heavy (non-hydrogen) atoms. The summed E-state index contributed by atoms with van der Waals surface area (Å²) >= 11 is 0. The van der Waals surface area contributed by atoms with Gasteiger partial charge in [0, 0.05) is 22.8 Å². The van der Waals surface area contributed by atoms with Crippen LogP contribution >= 0.6 is 8.58 Å². The van der Waals surface area contributed by atoms with Gasteiger partial charge in [0.1, 0.15) is 5.75 Å². The molecule has 0 aromatic heterocycles. The van der Waals surface area contributed by atoms with E-state index in [1.165, 1.54) is 41.3 Å². The van der Waals surface area contributed by atoms with Crippen molar-refractivity contribution in [2.24, 2.45) is 0 Å². The van der Waals surface area contributed by atoms with Crippen molar-refractivity contribution < 1.29 is 5.11 Å². The molecule has 184 valence electrons. The summed E-state index contributed by atoms with van der Waals surface area (Å²) in [6.07, 6.45) is 4.70. The fourth-order valence-electron chi connectivity index (χ4n) is 4.27. The Morgan fingerprint density at radius 2 is 1.58 bits per heavy atom. The third-order valence-corrected chi connectivity index (χ3v) is 8.35. The molecule has 0 spiro atoms. The van der Waals surface area contributed by atoms with Gasteiger partial charge in [-0.25, -0.2) is 0 Å². The Morgan fingerprint density at radius 3 is 2.15 bits per heavy atom. The minimum absolute atomic E-state index is 0.0479. The van der Waals surface area contributed by atoms with E-state index in [-0.39, 0.29) is 16.1 Å². The van der Waals surface area contributed by atoms with Crippen LogP contribution in [0.1, 0.15) is 109 Å². The third-order valence-electron chi connectivity index (χ3n) is 6.52.